The van der Waals surface area contributed by atoms with Crippen LogP contribution in [0.15, 0.2) is 47.1 Å². The van der Waals surface area contributed by atoms with E-state index in [1.54, 1.807) is 6.20 Å². The topological polar surface area (TPSA) is 54.0 Å². The number of benzene rings is 1. The number of nitrogens with zero attached hydrogens (tertiary/aromatic N) is 1. The van der Waals surface area contributed by atoms with Crippen molar-refractivity contribution in [3.8, 4) is 0 Å². The highest BCUT2D eigenvalue weighted by molar-refractivity contribution is 9.10. The lowest BCUT2D eigenvalue weighted by Crippen LogP contribution is -2.16. The summed E-state index contributed by atoms with van der Waals surface area (Å²) in [5, 5.41) is 6.32. The molecule has 1 fully saturated rings. The number of anilines is 2. The number of nitrogens with one attached hydrogen (secondary N) is 2. The highest BCUT2D eigenvalue weighted by Crippen LogP contribution is 2.22. The Hall–Kier alpha value is -1.88. The molecule has 0 saturated heterocycles. The lowest BCUT2D eigenvalue weighted by atomic mass is 10.1. The third-order valence-electron chi connectivity index (χ3n) is 4.01. The molecule has 0 unspecified atom stereocenters. The van der Waals surface area contributed by atoms with Gasteiger partial charge in [0.1, 0.15) is 5.82 Å². The van der Waals surface area contributed by atoms with E-state index in [9.17, 15) is 4.79 Å². The molecule has 0 atom stereocenters. The Morgan fingerprint density at radius 1 is 1.22 bits per heavy atom. The zero-order valence-corrected chi connectivity index (χ0v) is 14.5. The van der Waals surface area contributed by atoms with Crippen LogP contribution in [0.2, 0.25) is 0 Å². The Morgan fingerprint density at radius 3 is 2.74 bits per heavy atom. The van der Waals surface area contributed by atoms with Crippen LogP contribution in [0.5, 0.6) is 0 Å². The molecule has 0 aliphatic heterocycles. The predicted molar refractivity (Wildman–Crippen MR) is 96.6 cm³/mol. The highest BCUT2D eigenvalue weighted by atomic mass is 79.9. The molecule has 1 saturated carbocycles. The van der Waals surface area contributed by atoms with Gasteiger partial charge in [-0.05, 0) is 42.7 Å². The van der Waals surface area contributed by atoms with Gasteiger partial charge < -0.3 is 10.6 Å². The lowest BCUT2D eigenvalue weighted by Gasteiger charge is -2.13. The monoisotopic (exact) mass is 373 g/mol. The van der Waals surface area contributed by atoms with Gasteiger partial charge in [0.2, 0.25) is 5.91 Å². The number of aromatic nitrogens is 1. The predicted octanol–water partition coefficient (Wildman–Crippen LogP) is 4.38. The first-order chi connectivity index (χ1) is 11.2. The second-order valence-electron chi connectivity index (χ2n) is 5.91. The molecule has 0 bridgehead atoms. The van der Waals surface area contributed by atoms with E-state index < -0.39 is 0 Å². The molecule has 2 aromatic rings. The SMILES string of the molecule is O=C(Cc1cccc(Br)c1)Nc1ccc(NC2CCCC2)cn1. The van der Waals surface area contributed by atoms with E-state index in [2.05, 4.69) is 31.5 Å². The normalized spacial score (nSPS) is 14.7. The van der Waals surface area contributed by atoms with Crippen LogP contribution in [-0.2, 0) is 11.2 Å². The second-order valence-corrected chi connectivity index (χ2v) is 6.83. The summed E-state index contributed by atoms with van der Waals surface area (Å²) < 4.78 is 0.975. The lowest BCUT2D eigenvalue weighted by molar-refractivity contribution is -0.115. The first-order valence-electron chi connectivity index (χ1n) is 7.96. The average Bonchev–Trinajstić information content (AvgIpc) is 3.02. The largest absolute Gasteiger partial charge is 0.381 e. The van der Waals surface area contributed by atoms with E-state index in [0.29, 0.717) is 18.3 Å². The number of hydrogen-bond donors (Lipinski definition) is 2. The van der Waals surface area contributed by atoms with Crippen LogP contribution in [0.1, 0.15) is 31.2 Å². The fourth-order valence-electron chi connectivity index (χ4n) is 2.88. The maximum absolute atomic E-state index is 12.1. The van der Waals surface area contributed by atoms with Crippen molar-refractivity contribution in [1.29, 1.82) is 0 Å². The first-order valence-corrected chi connectivity index (χ1v) is 8.75. The Bertz CT molecular complexity index is 666. The molecule has 3 rings (SSSR count). The smallest absolute Gasteiger partial charge is 0.229 e. The van der Waals surface area contributed by atoms with Gasteiger partial charge in [-0.15, -0.1) is 0 Å². The molecule has 0 spiro atoms. The molecule has 1 aromatic heterocycles. The van der Waals surface area contributed by atoms with Crippen molar-refractivity contribution in [3.63, 3.8) is 0 Å². The molecule has 120 valence electrons. The van der Waals surface area contributed by atoms with Gasteiger partial charge in [-0.1, -0.05) is 40.9 Å². The number of rotatable bonds is 5. The van der Waals surface area contributed by atoms with Gasteiger partial charge in [-0.25, -0.2) is 4.98 Å². The number of carbonyl (C=O) groups is 1. The Balaban J connectivity index is 1.54. The number of hydrogen-bond acceptors (Lipinski definition) is 3. The van der Waals surface area contributed by atoms with E-state index in [1.807, 2.05) is 36.4 Å². The summed E-state index contributed by atoms with van der Waals surface area (Å²) in [5.74, 6) is 0.522. The van der Waals surface area contributed by atoms with E-state index in [0.717, 1.165) is 15.7 Å². The minimum Gasteiger partial charge on any atom is -0.381 e. The van der Waals surface area contributed by atoms with Crippen LogP contribution >= 0.6 is 15.9 Å². The highest BCUT2D eigenvalue weighted by Gasteiger charge is 2.14. The van der Waals surface area contributed by atoms with Crippen LogP contribution in [0.3, 0.4) is 0 Å². The molecule has 4 nitrogen and oxygen atoms in total. The number of amides is 1. The molecule has 2 N–H and O–H groups in total. The van der Waals surface area contributed by atoms with Gasteiger partial charge in [0.25, 0.3) is 0 Å². The first kappa shape index (κ1) is 16.0. The van der Waals surface area contributed by atoms with Crippen molar-refractivity contribution < 1.29 is 4.79 Å². The zero-order valence-electron chi connectivity index (χ0n) is 12.9. The Labute approximate surface area is 144 Å². The fourth-order valence-corrected chi connectivity index (χ4v) is 3.33. The Kier molecular flexibility index (Phi) is 5.28. The summed E-state index contributed by atoms with van der Waals surface area (Å²) in [6.07, 6.45) is 7.18. The molecule has 1 heterocycles. The quantitative estimate of drug-likeness (QED) is 0.817. The molecule has 1 aromatic carbocycles. The fraction of sp³-hybridized carbons (Fsp3) is 0.333. The standard InChI is InChI=1S/C18H20BrN3O/c19-14-5-3-4-13(10-14)11-18(23)22-17-9-8-16(12-20-17)21-15-6-1-2-7-15/h3-5,8-10,12,15,21H,1-2,6-7,11H2,(H,20,22,23). The van der Waals surface area contributed by atoms with Gasteiger partial charge in [0.05, 0.1) is 18.3 Å². The van der Waals surface area contributed by atoms with Crippen molar-refractivity contribution in [3.05, 3.63) is 52.6 Å². The van der Waals surface area contributed by atoms with E-state index >= 15 is 0 Å². The van der Waals surface area contributed by atoms with Crippen molar-refractivity contribution >= 4 is 33.3 Å². The summed E-state index contributed by atoms with van der Waals surface area (Å²) in [6.45, 7) is 0. The van der Waals surface area contributed by atoms with Gasteiger partial charge in [-0.2, -0.15) is 0 Å². The minimum atomic E-state index is -0.0629. The van der Waals surface area contributed by atoms with Crippen molar-refractivity contribution in [1.82, 2.24) is 4.98 Å². The zero-order chi connectivity index (χ0) is 16.1. The number of carbonyl (C=O) groups excluding carboxylic acids is 1. The van der Waals surface area contributed by atoms with Crippen LogP contribution in [-0.4, -0.2) is 16.9 Å². The van der Waals surface area contributed by atoms with Gasteiger partial charge >= 0.3 is 0 Å². The van der Waals surface area contributed by atoms with E-state index in [-0.39, 0.29) is 5.91 Å². The van der Waals surface area contributed by atoms with Crippen molar-refractivity contribution in [2.45, 2.75) is 38.1 Å². The van der Waals surface area contributed by atoms with Crippen LogP contribution in [0.25, 0.3) is 0 Å². The summed E-state index contributed by atoms with van der Waals surface area (Å²) in [6, 6.07) is 12.1. The summed E-state index contributed by atoms with van der Waals surface area (Å²) in [4.78, 5) is 16.4. The maximum atomic E-state index is 12.1. The second kappa shape index (κ2) is 7.59. The summed E-state index contributed by atoms with van der Waals surface area (Å²) >= 11 is 3.41. The molecule has 23 heavy (non-hydrogen) atoms. The molecule has 5 heteroatoms. The summed E-state index contributed by atoms with van der Waals surface area (Å²) in [5.41, 5.74) is 1.98. The molecular formula is C18H20BrN3O. The Morgan fingerprint density at radius 2 is 2.04 bits per heavy atom. The molecule has 1 aliphatic rings. The number of halogens is 1. The molecule has 1 aliphatic carbocycles. The van der Waals surface area contributed by atoms with Crippen molar-refractivity contribution in [2.75, 3.05) is 10.6 Å². The van der Waals surface area contributed by atoms with Crippen LogP contribution in [0.4, 0.5) is 11.5 Å². The third-order valence-corrected chi connectivity index (χ3v) is 4.50. The average molecular weight is 374 g/mol. The van der Waals surface area contributed by atoms with E-state index in [1.165, 1.54) is 25.7 Å². The molecule has 1 amide bonds. The van der Waals surface area contributed by atoms with Gasteiger partial charge in [0.15, 0.2) is 0 Å². The molecular weight excluding hydrogens is 354 g/mol. The minimum absolute atomic E-state index is 0.0629. The van der Waals surface area contributed by atoms with Crippen LogP contribution in [0, 0.1) is 0 Å². The molecule has 0 radical (unpaired) electrons. The van der Waals surface area contributed by atoms with Crippen molar-refractivity contribution in [2.24, 2.45) is 0 Å². The maximum Gasteiger partial charge on any atom is 0.229 e. The van der Waals surface area contributed by atoms with Gasteiger partial charge in [-0.3, -0.25) is 4.79 Å². The number of pyridine rings is 1. The summed E-state index contributed by atoms with van der Waals surface area (Å²) in [7, 11) is 0. The van der Waals surface area contributed by atoms with Crippen LogP contribution < -0.4 is 10.6 Å². The third kappa shape index (κ3) is 4.79. The van der Waals surface area contributed by atoms with E-state index in [4.69, 9.17) is 0 Å². The van der Waals surface area contributed by atoms with Gasteiger partial charge in [0, 0.05) is 10.5 Å².